The topological polar surface area (TPSA) is 83.5 Å². The number of nitrogens with one attached hydrogen (secondary N) is 1. The Balaban J connectivity index is 1.88. The maximum Gasteiger partial charge on any atom is 0.186 e. The molecule has 0 bridgehead atoms. The third kappa shape index (κ3) is 5.31. The van der Waals surface area contributed by atoms with Crippen LogP contribution in [0.2, 0.25) is 0 Å². The van der Waals surface area contributed by atoms with Gasteiger partial charge in [-0.05, 0) is 56.4 Å². The standard InChI is InChI=1S/C21H26F2N2O4S2/c1-14-4-9-17(23)20(10-14)31(28,29)21-13-30(26,27)12-18(21)24-11-19(25(2)3)15-5-7-16(22)8-6-15/h4-10,18-19,21,24H,11-13H2,1-3H3/t18-,19?,21-/m0/s1. The van der Waals surface area contributed by atoms with Gasteiger partial charge in [0.1, 0.15) is 16.5 Å². The lowest BCUT2D eigenvalue weighted by Gasteiger charge is -2.28. The van der Waals surface area contributed by atoms with Crippen LogP contribution in [0, 0.1) is 18.6 Å². The molecule has 0 aliphatic carbocycles. The van der Waals surface area contributed by atoms with Crippen LogP contribution in [0.15, 0.2) is 47.4 Å². The van der Waals surface area contributed by atoms with Crippen LogP contribution in [0.25, 0.3) is 0 Å². The van der Waals surface area contributed by atoms with E-state index in [1.54, 1.807) is 19.1 Å². The van der Waals surface area contributed by atoms with Gasteiger partial charge in [-0.1, -0.05) is 18.2 Å². The van der Waals surface area contributed by atoms with Gasteiger partial charge >= 0.3 is 0 Å². The second-order valence-corrected chi connectivity index (χ2v) is 12.4. The van der Waals surface area contributed by atoms with Gasteiger partial charge in [-0.25, -0.2) is 25.6 Å². The zero-order valence-corrected chi connectivity index (χ0v) is 19.2. The van der Waals surface area contributed by atoms with Crippen LogP contribution >= 0.6 is 0 Å². The van der Waals surface area contributed by atoms with Gasteiger partial charge < -0.3 is 10.2 Å². The summed E-state index contributed by atoms with van der Waals surface area (Å²) < 4.78 is 78.6. The monoisotopic (exact) mass is 472 g/mol. The summed E-state index contributed by atoms with van der Waals surface area (Å²) >= 11 is 0. The minimum absolute atomic E-state index is 0.237. The Morgan fingerprint density at radius 3 is 2.35 bits per heavy atom. The molecular weight excluding hydrogens is 446 g/mol. The minimum atomic E-state index is -4.23. The molecule has 0 amide bonds. The highest BCUT2D eigenvalue weighted by Crippen LogP contribution is 2.29. The molecule has 3 rings (SSSR count). The molecular formula is C21H26F2N2O4S2. The van der Waals surface area contributed by atoms with Crippen molar-refractivity contribution in [2.45, 2.75) is 29.2 Å². The lowest BCUT2D eigenvalue weighted by atomic mass is 10.1. The van der Waals surface area contributed by atoms with E-state index in [2.05, 4.69) is 5.32 Å². The highest BCUT2D eigenvalue weighted by molar-refractivity contribution is 7.96. The van der Waals surface area contributed by atoms with Gasteiger partial charge in [-0.3, -0.25) is 0 Å². The fraction of sp³-hybridized carbons (Fsp3) is 0.429. The Morgan fingerprint density at radius 1 is 1.10 bits per heavy atom. The number of rotatable bonds is 7. The minimum Gasteiger partial charge on any atom is -0.310 e. The van der Waals surface area contributed by atoms with Crippen LogP contribution < -0.4 is 5.32 Å². The summed E-state index contributed by atoms with van der Waals surface area (Å²) in [5.41, 5.74) is 1.36. The first-order chi connectivity index (χ1) is 14.4. The Kier molecular flexibility index (Phi) is 6.85. The van der Waals surface area contributed by atoms with Crippen molar-refractivity contribution in [1.29, 1.82) is 0 Å². The van der Waals surface area contributed by atoms with Gasteiger partial charge in [-0.15, -0.1) is 0 Å². The van der Waals surface area contributed by atoms with Gasteiger partial charge in [0.15, 0.2) is 19.7 Å². The van der Waals surface area contributed by atoms with Crippen LogP contribution in [-0.4, -0.2) is 65.2 Å². The van der Waals surface area contributed by atoms with E-state index in [1.807, 2.05) is 19.0 Å². The number of nitrogens with zero attached hydrogens (tertiary/aromatic N) is 1. The molecule has 10 heteroatoms. The third-order valence-electron chi connectivity index (χ3n) is 5.54. The number of hydrogen-bond acceptors (Lipinski definition) is 6. The van der Waals surface area contributed by atoms with Gasteiger partial charge in [0.2, 0.25) is 0 Å². The van der Waals surface area contributed by atoms with Gasteiger partial charge in [0, 0.05) is 18.6 Å². The van der Waals surface area contributed by atoms with Gasteiger partial charge in [0.05, 0.1) is 16.8 Å². The van der Waals surface area contributed by atoms with Crippen molar-refractivity contribution < 1.29 is 25.6 Å². The number of likely N-dealkylation sites (N-methyl/N-ethyl adjacent to an activating group) is 1. The smallest absolute Gasteiger partial charge is 0.186 e. The van der Waals surface area contributed by atoms with Crippen LogP contribution in [0.5, 0.6) is 0 Å². The van der Waals surface area contributed by atoms with E-state index in [-0.39, 0.29) is 24.2 Å². The zero-order chi connectivity index (χ0) is 23.0. The molecule has 1 N–H and O–H groups in total. The van der Waals surface area contributed by atoms with Crippen LogP contribution in [0.1, 0.15) is 17.2 Å². The summed E-state index contributed by atoms with van der Waals surface area (Å²) in [6.45, 7) is 1.88. The Hall–Kier alpha value is -1.88. The Morgan fingerprint density at radius 2 is 1.74 bits per heavy atom. The SMILES string of the molecule is Cc1ccc(F)c(S(=O)(=O)[C@H]2CS(=O)(=O)C[C@@H]2NCC(c2ccc(F)cc2)N(C)C)c1. The largest absolute Gasteiger partial charge is 0.310 e. The van der Waals surface area contributed by atoms with E-state index in [4.69, 9.17) is 0 Å². The number of hydrogen-bond donors (Lipinski definition) is 1. The fourth-order valence-electron chi connectivity index (χ4n) is 3.85. The quantitative estimate of drug-likeness (QED) is 0.665. The van der Waals surface area contributed by atoms with Crippen molar-refractivity contribution >= 4 is 19.7 Å². The summed E-state index contributed by atoms with van der Waals surface area (Å²) in [7, 11) is -4.22. The fourth-order valence-corrected chi connectivity index (χ4v) is 8.72. The first-order valence-corrected chi connectivity index (χ1v) is 13.1. The van der Waals surface area contributed by atoms with Crippen molar-refractivity contribution in [2.24, 2.45) is 0 Å². The molecule has 3 atom stereocenters. The first-order valence-electron chi connectivity index (χ1n) is 9.76. The third-order valence-corrected chi connectivity index (χ3v) is 9.71. The Labute approximate surface area is 182 Å². The molecule has 1 saturated heterocycles. The normalized spacial score (nSPS) is 22.0. The summed E-state index contributed by atoms with van der Waals surface area (Å²) in [6, 6.07) is 8.55. The zero-order valence-electron chi connectivity index (χ0n) is 17.5. The lowest BCUT2D eigenvalue weighted by Crippen LogP contribution is -2.46. The van der Waals surface area contributed by atoms with Crippen molar-refractivity contribution in [3.8, 4) is 0 Å². The number of sulfone groups is 2. The highest BCUT2D eigenvalue weighted by Gasteiger charge is 2.46. The summed E-state index contributed by atoms with van der Waals surface area (Å²) in [5.74, 6) is -2.19. The molecule has 2 aromatic carbocycles. The van der Waals surface area contributed by atoms with E-state index >= 15 is 0 Å². The van der Waals surface area contributed by atoms with Crippen molar-refractivity contribution in [3.05, 3.63) is 65.2 Å². The molecule has 6 nitrogen and oxygen atoms in total. The molecule has 0 radical (unpaired) electrons. The van der Waals surface area contributed by atoms with Gasteiger partial charge in [0.25, 0.3) is 0 Å². The summed E-state index contributed by atoms with van der Waals surface area (Å²) in [5, 5.41) is 1.77. The predicted octanol–water partition coefficient (Wildman–Crippen LogP) is 2.11. The van der Waals surface area contributed by atoms with E-state index in [1.165, 1.54) is 24.3 Å². The average Bonchev–Trinajstić information content (AvgIpc) is 3.00. The van der Waals surface area contributed by atoms with E-state index < -0.39 is 47.4 Å². The average molecular weight is 473 g/mol. The van der Waals surface area contributed by atoms with Crippen LogP contribution in [-0.2, 0) is 19.7 Å². The van der Waals surface area contributed by atoms with Crippen molar-refractivity contribution in [2.75, 3.05) is 32.1 Å². The molecule has 2 aromatic rings. The number of aryl methyl sites for hydroxylation is 1. The molecule has 1 fully saturated rings. The summed E-state index contributed by atoms with van der Waals surface area (Å²) in [6.07, 6.45) is 0. The molecule has 1 aliphatic heterocycles. The molecule has 1 unspecified atom stereocenters. The first kappa shape index (κ1) is 23.8. The second kappa shape index (κ2) is 8.93. The molecule has 1 aliphatic rings. The second-order valence-electron chi connectivity index (χ2n) is 8.14. The van der Waals surface area contributed by atoms with Crippen molar-refractivity contribution in [3.63, 3.8) is 0 Å². The molecule has 0 aromatic heterocycles. The number of benzene rings is 2. The molecule has 0 spiro atoms. The Bertz CT molecular complexity index is 1150. The maximum atomic E-state index is 14.3. The maximum absolute atomic E-state index is 14.3. The van der Waals surface area contributed by atoms with Crippen LogP contribution in [0.3, 0.4) is 0 Å². The van der Waals surface area contributed by atoms with E-state index in [0.717, 1.165) is 11.6 Å². The van der Waals surface area contributed by atoms with Crippen molar-refractivity contribution in [1.82, 2.24) is 10.2 Å². The predicted molar refractivity (Wildman–Crippen MR) is 115 cm³/mol. The van der Waals surface area contributed by atoms with E-state index in [0.29, 0.717) is 5.56 Å². The van der Waals surface area contributed by atoms with Crippen LogP contribution in [0.4, 0.5) is 8.78 Å². The highest BCUT2D eigenvalue weighted by atomic mass is 32.2. The van der Waals surface area contributed by atoms with Gasteiger partial charge in [-0.2, -0.15) is 0 Å². The molecule has 0 saturated carbocycles. The van der Waals surface area contributed by atoms with E-state index in [9.17, 15) is 25.6 Å². The molecule has 170 valence electrons. The lowest BCUT2D eigenvalue weighted by molar-refractivity contribution is 0.281. The summed E-state index contributed by atoms with van der Waals surface area (Å²) in [4.78, 5) is 1.39. The molecule has 1 heterocycles. The molecule has 31 heavy (non-hydrogen) atoms. The number of halogens is 2.